The van der Waals surface area contributed by atoms with Gasteiger partial charge in [0.2, 0.25) is 0 Å². The first-order valence-corrected chi connectivity index (χ1v) is 3.89. The van der Waals surface area contributed by atoms with Gasteiger partial charge in [0.1, 0.15) is 5.82 Å². The molecule has 0 bridgehead atoms. The van der Waals surface area contributed by atoms with Crippen molar-refractivity contribution in [3.05, 3.63) is 41.7 Å². The minimum atomic E-state index is -0.212. The SMILES string of the molecule is CC=C(CN)c1ccccc1F. The molecule has 0 aromatic heterocycles. The maximum atomic E-state index is 13.1. The zero-order chi connectivity index (χ0) is 8.97. The van der Waals surface area contributed by atoms with Crippen molar-refractivity contribution < 1.29 is 4.39 Å². The summed E-state index contributed by atoms with van der Waals surface area (Å²) in [5, 5.41) is 0. The van der Waals surface area contributed by atoms with Crippen molar-refractivity contribution in [2.24, 2.45) is 5.73 Å². The van der Waals surface area contributed by atoms with Gasteiger partial charge in [0.15, 0.2) is 0 Å². The summed E-state index contributed by atoms with van der Waals surface area (Å²) in [5.74, 6) is -0.212. The van der Waals surface area contributed by atoms with Gasteiger partial charge in [0.25, 0.3) is 0 Å². The Labute approximate surface area is 71.7 Å². The predicted octanol–water partition coefficient (Wildman–Crippen LogP) is 2.19. The second-order valence-corrected chi connectivity index (χ2v) is 2.50. The van der Waals surface area contributed by atoms with E-state index in [2.05, 4.69) is 0 Å². The summed E-state index contributed by atoms with van der Waals surface area (Å²) < 4.78 is 13.1. The Kier molecular flexibility index (Phi) is 3.00. The van der Waals surface area contributed by atoms with E-state index in [9.17, 15) is 4.39 Å². The fraction of sp³-hybridized carbons (Fsp3) is 0.200. The normalized spacial score (nSPS) is 11.8. The molecule has 0 aliphatic heterocycles. The molecule has 0 unspecified atom stereocenters. The highest BCUT2D eigenvalue weighted by Gasteiger charge is 2.03. The minimum absolute atomic E-state index is 0.212. The summed E-state index contributed by atoms with van der Waals surface area (Å²) >= 11 is 0. The Balaban J connectivity index is 3.10. The molecule has 0 aliphatic rings. The standard InChI is InChI=1S/C10H12FN/c1-2-8(7-12)9-5-3-4-6-10(9)11/h2-6H,7,12H2,1H3. The summed E-state index contributed by atoms with van der Waals surface area (Å²) in [6.45, 7) is 2.23. The van der Waals surface area contributed by atoms with Gasteiger partial charge in [-0.2, -0.15) is 0 Å². The number of rotatable bonds is 2. The van der Waals surface area contributed by atoms with Crippen LogP contribution in [0.3, 0.4) is 0 Å². The summed E-state index contributed by atoms with van der Waals surface area (Å²) in [6, 6.07) is 6.65. The smallest absolute Gasteiger partial charge is 0.130 e. The zero-order valence-corrected chi connectivity index (χ0v) is 7.05. The molecular weight excluding hydrogens is 153 g/mol. The number of benzene rings is 1. The molecule has 0 spiro atoms. The van der Waals surface area contributed by atoms with Gasteiger partial charge in [-0.3, -0.25) is 0 Å². The fourth-order valence-electron chi connectivity index (χ4n) is 1.10. The molecule has 1 rings (SSSR count). The van der Waals surface area contributed by atoms with Crippen LogP contribution in [0.1, 0.15) is 12.5 Å². The van der Waals surface area contributed by atoms with Crippen molar-refractivity contribution in [1.82, 2.24) is 0 Å². The number of hydrogen-bond donors (Lipinski definition) is 1. The Morgan fingerprint density at radius 2 is 2.17 bits per heavy atom. The average Bonchev–Trinajstić information content (AvgIpc) is 2.10. The Morgan fingerprint density at radius 1 is 1.50 bits per heavy atom. The van der Waals surface area contributed by atoms with Crippen molar-refractivity contribution in [2.45, 2.75) is 6.92 Å². The number of halogens is 1. The Hall–Kier alpha value is -1.15. The molecule has 1 aromatic carbocycles. The van der Waals surface area contributed by atoms with Crippen LogP contribution in [0, 0.1) is 5.82 Å². The largest absolute Gasteiger partial charge is 0.326 e. The second-order valence-electron chi connectivity index (χ2n) is 2.50. The van der Waals surface area contributed by atoms with Crippen LogP contribution >= 0.6 is 0 Å². The van der Waals surface area contributed by atoms with Crippen LogP contribution < -0.4 is 5.73 Å². The third-order valence-corrected chi connectivity index (χ3v) is 1.79. The second kappa shape index (κ2) is 4.02. The van der Waals surface area contributed by atoms with Crippen LogP contribution in [0.2, 0.25) is 0 Å². The van der Waals surface area contributed by atoms with Gasteiger partial charge in [0.05, 0.1) is 0 Å². The van der Waals surface area contributed by atoms with E-state index in [1.165, 1.54) is 6.07 Å². The van der Waals surface area contributed by atoms with Crippen molar-refractivity contribution >= 4 is 5.57 Å². The van der Waals surface area contributed by atoms with Crippen LogP contribution in [-0.2, 0) is 0 Å². The molecular formula is C10H12FN. The van der Waals surface area contributed by atoms with E-state index in [0.29, 0.717) is 12.1 Å². The fourth-order valence-corrected chi connectivity index (χ4v) is 1.10. The number of allylic oxidation sites excluding steroid dienone is 1. The highest BCUT2D eigenvalue weighted by Crippen LogP contribution is 2.16. The van der Waals surface area contributed by atoms with E-state index < -0.39 is 0 Å². The monoisotopic (exact) mass is 165 g/mol. The summed E-state index contributed by atoms with van der Waals surface area (Å²) in [7, 11) is 0. The topological polar surface area (TPSA) is 26.0 Å². The zero-order valence-electron chi connectivity index (χ0n) is 7.05. The Morgan fingerprint density at radius 3 is 2.67 bits per heavy atom. The summed E-state index contributed by atoms with van der Waals surface area (Å²) in [4.78, 5) is 0. The van der Waals surface area contributed by atoms with E-state index in [-0.39, 0.29) is 5.82 Å². The highest BCUT2D eigenvalue weighted by molar-refractivity contribution is 5.66. The van der Waals surface area contributed by atoms with Crippen molar-refractivity contribution in [2.75, 3.05) is 6.54 Å². The van der Waals surface area contributed by atoms with Gasteiger partial charge >= 0.3 is 0 Å². The molecule has 1 aromatic rings. The third-order valence-electron chi connectivity index (χ3n) is 1.79. The number of nitrogens with two attached hydrogens (primary N) is 1. The van der Waals surface area contributed by atoms with Gasteiger partial charge in [-0.15, -0.1) is 0 Å². The van der Waals surface area contributed by atoms with E-state index in [1.54, 1.807) is 18.2 Å². The van der Waals surface area contributed by atoms with Gasteiger partial charge in [-0.1, -0.05) is 24.3 Å². The lowest BCUT2D eigenvalue weighted by molar-refractivity contribution is 0.623. The molecule has 0 saturated heterocycles. The van der Waals surface area contributed by atoms with E-state index in [4.69, 9.17) is 5.73 Å². The lowest BCUT2D eigenvalue weighted by Crippen LogP contribution is -2.03. The first-order chi connectivity index (χ1) is 5.79. The lowest BCUT2D eigenvalue weighted by atomic mass is 10.1. The molecule has 0 atom stereocenters. The van der Waals surface area contributed by atoms with Gasteiger partial charge < -0.3 is 5.73 Å². The maximum Gasteiger partial charge on any atom is 0.130 e. The van der Waals surface area contributed by atoms with E-state index in [1.807, 2.05) is 13.0 Å². The highest BCUT2D eigenvalue weighted by atomic mass is 19.1. The quantitative estimate of drug-likeness (QED) is 0.714. The molecule has 12 heavy (non-hydrogen) atoms. The molecule has 0 radical (unpaired) electrons. The van der Waals surface area contributed by atoms with Gasteiger partial charge in [-0.05, 0) is 18.6 Å². The molecule has 0 amide bonds. The molecule has 0 heterocycles. The van der Waals surface area contributed by atoms with Crippen LogP contribution in [0.15, 0.2) is 30.3 Å². The average molecular weight is 165 g/mol. The minimum Gasteiger partial charge on any atom is -0.326 e. The first kappa shape index (κ1) is 8.94. The summed E-state index contributed by atoms with van der Waals surface area (Å²) in [6.07, 6.45) is 1.83. The van der Waals surface area contributed by atoms with Gasteiger partial charge in [0, 0.05) is 12.1 Å². The maximum absolute atomic E-state index is 13.1. The van der Waals surface area contributed by atoms with Crippen LogP contribution in [0.25, 0.3) is 5.57 Å². The molecule has 0 saturated carbocycles. The Bertz CT molecular complexity index is 292. The van der Waals surface area contributed by atoms with Crippen LogP contribution in [0.5, 0.6) is 0 Å². The molecule has 2 N–H and O–H groups in total. The molecule has 1 nitrogen and oxygen atoms in total. The number of hydrogen-bond acceptors (Lipinski definition) is 1. The molecule has 0 aliphatic carbocycles. The third kappa shape index (κ3) is 1.71. The van der Waals surface area contributed by atoms with Crippen molar-refractivity contribution in [3.63, 3.8) is 0 Å². The lowest BCUT2D eigenvalue weighted by Gasteiger charge is -2.04. The van der Waals surface area contributed by atoms with E-state index >= 15 is 0 Å². The van der Waals surface area contributed by atoms with E-state index in [0.717, 1.165) is 5.57 Å². The van der Waals surface area contributed by atoms with Crippen molar-refractivity contribution in [1.29, 1.82) is 0 Å². The molecule has 2 heteroatoms. The first-order valence-electron chi connectivity index (χ1n) is 3.89. The van der Waals surface area contributed by atoms with Crippen LogP contribution in [-0.4, -0.2) is 6.54 Å². The molecule has 64 valence electrons. The van der Waals surface area contributed by atoms with Gasteiger partial charge in [-0.25, -0.2) is 4.39 Å². The van der Waals surface area contributed by atoms with Crippen molar-refractivity contribution in [3.8, 4) is 0 Å². The predicted molar refractivity (Wildman–Crippen MR) is 49.1 cm³/mol. The van der Waals surface area contributed by atoms with Crippen LogP contribution in [0.4, 0.5) is 4.39 Å². The summed E-state index contributed by atoms with van der Waals surface area (Å²) in [5.41, 5.74) is 6.89. The molecule has 0 fully saturated rings.